The van der Waals surface area contributed by atoms with Crippen molar-refractivity contribution in [2.75, 3.05) is 18.5 Å². The van der Waals surface area contributed by atoms with Crippen LogP contribution in [0.2, 0.25) is 0 Å². The number of benzene rings is 1. The molecule has 25 heavy (non-hydrogen) atoms. The van der Waals surface area contributed by atoms with Crippen LogP contribution in [0.25, 0.3) is 0 Å². The van der Waals surface area contributed by atoms with E-state index in [2.05, 4.69) is 37.6 Å². The summed E-state index contributed by atoms with van der Waals surface area (Å²) in [6.45, 7) is 7.11. The van der Waals surface area contributed by atoms with Gasteiger partial charge in [-0.2, -0.15) is 0 Å². The maximum Gasteiger partial charge on any atom is 0.325 e. The van der Waals surface area contributed by atoms with E-state index in [1.54, 1.807) is 11.1 Å². The van der Waals surface area contributed by atoms with Gasteiger partial charge < -0.3 is 4.90 Å². The van der Waals surface area contributed by atoms with E-state index >= 15 is 0 Å². The van der Waals surface area contributed by atoms with Crippen LogP contribution >= 0.6 is 0 Å². The number of carbonyl (C=O) groups is 1. The zero-order valence-corrected chi connectivity index (χ0v) is 15.2. The molecule has 1 aliphatic rings. The van der Waals surface area contributed by atoms with Gasteiger partial charge in [-0.15, -0.1) is 0 Å². The molecule has 1 unspecified atom stereocenters. The van der Waals surface area contributed by atoms with Gasteiger partial charge in [0, 0.05) is 24.4 Å². The van der Waals surface area contributed by atoms with Crippen LogP contribution in [0.1, 0.15) is 31.9 Å². The number of aromatic nitrogens is 1. The number of anilines is 1. The molecule has 4 nitrogen and oxygen atoms in total. The van der Waals surface area contributed by atoms with E-state index in [4.69, 9.17) is 0 Å². The number of hydrogen-bond donors (Lipinski definition) is 0. The van der Waals surface area contributed by atoms with Crippen molar-refractivity contribution in [1.82, 2.24) is 9.88 Å². The fraction of sp³-hybridized carbons (Fsp3) is 0.333. The summed E-state index contributed by atoms with van der Waals surface area (Å²) in [5.74, 6) is 6.89. The van der Waals surface area contributed by atoms with Crippen LogP contribution in [0.3, 0.4) is 0 Å². The van der Waals surface area contributed by atoms with Crippen LogP contribution in [-0.4, -0.2) is 35.5 Å². The fourth-order valence-electron chi connectivity index (χ4n) is 3.03. The van der Waals surface area contributed by atoms with Gasteiger partial charge in [-0.25, -0.2) is 9.78 Å². The molecule has 128 valence electrons. The van der Waals surface area contributed by atoms with Crippen molar-refractivity contribution < 1.29 is 4.79 Å². The normalized spacial score (nSPS) is 17.4. The maximum absolute atomic E-state index is 12.5. The molecule has 2 heterocycles. The smallest absolute Gasteiger partial charge is 0.322 e. The maximum atomic E-state index is 12.5. The minimum absolute atomic E-state index is 0.00413. The van der Waals surface area contributed by atoms with Crippen LogP contribution in [-0.2, 0) is 0 Å². The van der Waals surface area contributed by atoms with E-state index in [-0.39, 0.29) is 17.5 Å². The van der Waals surface area contributed by atoms with E-state index < -0.39 is 0 Å². The first-order valence-corrected chi connectivity index (χ1v) is 8.44. The first kappa shape index (κ1) is 17.0. The lowest BCUT2D eigenvalue weighted by molar-refractivity contribution is 0.174. The molecular formula is C21H23N3O. The third-order valence-corrected chi connectivity index (χ3v) is 4.50. The van der Waals surface area contributed by atoms with Crippen LogP contribution in [0.4, 0.5) is 10.6 Å². The molecule has 0 saturated carbocycles. The Bertz CT molecular complexity index is 810. The van der Waals surface area contributed by atoms with Crippen molar-refractivity contribution in [2.45, 2.75) is 26.8 Å². The Labute approximate surface area is 149 Å². The van der Waals surface area contributed by atoms with E-state index in [9.17, 15) is 4.79 Å². The second kappa shape index (κ2) is 6.60. The monoisotopic (exact) mass is 333 g/mol. The summed E-state index contributed by atoms with van der Waals surface area (Å²) < 4.78 is 0. The highest BCUT2D eigenvalue weighted by Crippen LogP contribution is 2.31. The average molecular weight is 333 g/mol. The van der Waals surface area contributed by atoms with Crippen molar-refractivity contribution in [3.8, 4) is 11.8 Å². The molecule has 2 amide bonds. The number of carbonyl (C=O) groups excluding carboxylic acids is 1. The van der Waals surface area contributed by atoms with Crippen LogP contribution < -0.4 is 4.90 Å². The third kappa shape index (κ3) is 3.66. The predicted molar refractivity (Wildman–Crippen MR) is 100 cm³/mol. The fourth-order valence-corrected chi connectivity index (χ4v) is 3.03. The lowest BCUT2D eigenvalue weighted by Gasteiger charge is -2.30. The van der Waals surface area contributed by atoms with Gasteiger partial charge in [-0.3, -0.25) is 4.90 Å². The second-order valence-corrected chi connectivity index (χ2v) is 7.41. The number of amides is 2. The summed E-state index contributed by atoms with van der Waals surface area (Å²) >= 11 is 0. The highest BCUT2D eigenvalue weighted by molar-refractivity contribution is 5.93. The first-order valence-electron chi connectivity index (χ1n) is 8.44. The van der Waals surface area contributed by atoms with Gasteiger partial charge in [0.25, 0.3) is 0 Å². The molecule has 1 aromatic heterocycles. The van der Waals surface area contributed by atoms with E-state index in [1.165, 1.54) is 0 Å². The molecule has 1 aliphatic heterocycles. The highest BCUT2D eigenvalue weighted by Gasteiger charge is 2.42. The molecule has 1 aromatic carbocycles. The summed E-state index contributed by atoms with van der Waals surface area (Å²) in [5, 5.41) is 0. The summed E-state index contributed by atoms with van der Waals surface area (Å²) in [4.78, 5) is 20.5. The molecule has 3 rings (SSSR count). The molecule has 1 saturated heterocycles. The zero-order valence-electron chi connectivity index (χ0n) is 15.2. The molecule has 1 atom stereocenters. The van der Waals surface area contributed by atoms with Crippen molar-refractivity contribution in [3.05, 3.63) is 59.8 Å². The van der Waals surface area contributed by atoms with Crippen molar-refractivity contribution in [2.24, 2.45) is 5.41 Å². The third-order valence-electron chi connectivity index (χ3n) is 4.50. The summed E-state index contributed by atoms with van der Waals surface area (Å²) in [6, 6.07) is 13.8. The lowest BCUT2D eigenvalue weighted by Crippen LogP contribution is -2.39. The molecule has 0 aliphatic carbocycles. The van der Waals surface area contributed by atoms with Crippen molar-refractivity contribution in [3.63, 3.8) is 0 Å². The Hall–Kier alpha value is -2.80. The minimum Gasteiger partial charge on any atom is -0.322 e. The number of nitrogens with zero attached hydrogens (tertiary/aromatic N) is 3. The molecule has 0 radical (unpaired) electrons. The van der Waals surface area contributed by atoms with Gasteiger partial charge in [0.1, 0.15) is 5.82 Å². The van der Waals surface area contributed by atoms with E-state index in [0.29, 0.717) is 12.4 Å². The Balaban J connectivity index is 1.77. The Morgan fingerprint density at radius 3 is 2.28 bits per heavy atom. The molecular weight excluding hydrogens is 310 g/mol. The van der Waals surface area contributed by atoms with Gasteiger partial charge in [-0.05, 0) is 29.7 Å². The van der Waals surface area contributed by atoms with Gasteiger partial charge in [0.15, 0.2) is 0 Å². The minimum atomic E-state index is -0.00413. The van der Waals surface area contributed by atoms with Crippen molar-refractivity contribution in [1.29, 1.82) is 0 Å². The topological polar surface area (TPSA) is 36.4 Å². The quantitative estimate of drug-likeness (QED) is 0.745. The Morgan fingerprint density at radius 1 is 1.04 bits per heavy atom. The molecule has 0 N–H and O–H groups in total. The Kier molecular flexibility index (Phi) is 4.50. The molecule has 2 aromatic rings. The number of rotatable bonds is 1. The summed E-state index contributed by atoms with van der Waals surface area (Å²) in [7, 11) is 1.86. The van der Waals surface area contributed by atoms with Crippen molar-refractivity contribution >= 4 is 11.8 Å². The average Bonchev–Trinajstić information content (AvgIpc) is 2.90. The van der Waals surface area contributed by atoms with Crippen LogP contribution in [0.15, 0.2) is 48.7 Å². The number of urea groups is 1. The number of hydrogen-bond acceptors (Lipinski definition) is 2. The standard InChI is InChI=1S/C21H23N3O/c1-21(2,3)18-15-24(20(25)23(18)4)19-13-12-17(14-22-19)11-10-16-8-6-5-7-9-16/h5-9,12-14,18H,15H2,1-4H3. The predicted octanol–water partition coefficient (Wildman–Crippen LogP) is 3.77. The molecule has 4 heteroatoms. The Morgan fingerprint density at radius 2 is 1.72 bits per heavy atom. The summed E-state index contributed by atoms with van der Waals surface area (Å²) in [6.07, 6.45) is 1.73. The zero-order chi connectivity index (χ0) is 18.0. The SMILES string of the molecule is CN1C(=O)N(c2ccc(C#Cc3ccccc3)cn2)CC1C(C)(C)C. The van der Waals surface area contributed by atoms with Gasteiger partial charge in [-0.1, -0.05) is 50.8 Å². The van der Waals surface area contributed by atoms with E-state index in [1.807, 2.05) is 54.4 Å². The highest BCUT2D eigenvalue weighted by atomic mass is 16.2. The molecule has 0 spiro atoms. The number of pyridine rings is 1. The molecule has 1 fully saturated rings. The molecule has 0 bridgehead atoms. The van der Waals surface area contributed by atoms with Crippen LogP contribution in [0.5, 0.6) is 0 Å². The van der Waals surface area contributed by atoms with Gasteiger partial charge in [0.2, 0.25) is 0 Å². The van der Waals surface area contributed by atoms with Crippen LogP contribution in [0, 0.1) is 17.3 Å². The first-order chi connectivity index (χ1) is 11.9. The van der Waals surface area contributed by atoms with E-state index in [0.717, 1.165) is 11.1 Å². The summed E-state index contributed by atoms with van der Waals surface area (Å²) in [5.41, 5.74) is 1.83. The largest absolute Gasteiger partial charge is 0.325 e. The van der Waals surface area contributed by atoms with Gasteiger partial charge in [0.05, 0.1) is 12.6 Å². The lowest BCUT2D eigenvalue weighted by atomic mass is 9.86. The number of likely N-dealkylation sites (N-methyl/N-ethyl adjacent to an activating group) is 1. The van der Waals surface area contributed by atoms with Gasteiger partial charge >= 0.3 is 6.03 Å². The second-order valence-electron chi connectivity index (χ2n) is 7.41.